The first-order valence-corrected chi connectivity index (χ1v) is 5.32. The van der Waals surface area contributed by atoms with Crippen molar-refractivity contribution in [1.82, 2.24) is 4.98 Å². The fourth-order valence-corrected chi connectivity index (χ4v) is 1.92. The van der Waals surface area contributed by atoms with Gasteiger partial charge in [-0.1, -0.05) is 30.3 Å². The zero-order valence-electron chi connectivity index (χ0n) is 9.31. The zero-order chi connectivity index (χ0) is 11.8. The van der Waals surface area contributed by atoms with Crippen LogP contribution < -0.4 is 0 Å². The number of hydrogen-bond donors (Lipinski definition) is 0. The Morgan fingerprint density at radius 1 is 0.833 bits per heavy atom. The highest BCUT2D eigenvalue weighted by molar-refractivity contribution is 5.92. The summed E-state index contributed by atoms with van der Waals surface area (Å²) in [5.74, 6) is 0. The molecule has 0 fully saturated rings. The molecule has 3 rings (SSSR count). The van der Waals surface area contributed by atoms with E-state index in [2.05, 4.69) is 4.98 Å². The van der Waals surface area contributed by atoms with E-state index in [1.165, 1.54) is 12.1 Å². The summed E-state index contributed by atoms with van der Waals surface area (Å²) in [6.07, 6.45) is -2.45. The van der Waals surface area contributed by atoms with E-state index in [1.807, 2.05) is 30.3 Å². The third-order valence-electron chi connectivity index (χ3n) is 2.80. The lowest BCUT2D eigenvalue weighted by Gasteiger charge is -2.04. The molecule has 1 nitrogen and oxygen atoms in total. The fraction of sp³-hybridized carbons (Fsp3) is 0.0714. The lowest BCUT2D eigenvalue weighted by atomic mass is 10.1. The Bertz CT molecular complexity index is 698. The molecule has 4 heteroatoms. The highest BCUT2D eigenvalue weighted by Gasteiger charge is 2.08. The summed E-state index contributed by atoms with van der Waals surface area (Å²) in [5, 5.41) is 1.90. The molecule has 0 aliphatic rings. The number of hydrogen-bond acceptors (Lipinski definition) is 1. The van der Waals surface area contributed by atoms with Crippen molar-refractivity contribution in [2.75, 3.05) is 0 Å². The van der Waals surface area contributed by atoms with Gasteiger partial charge in [-0.2, -0.15) is 0 Å². The first-order valence-electron chi connectivity index (χ1n) is 5.32. The molecule has 92 valence electrons. The van der Waals surface area contributed by atoms with Crippen LogP contribution in [0.3, 0.4) is 0 Å². The van der Waals surface area contributed by atoms with Crippen LogP contribution in [0.1, 0.15) is 12.0 Å². The minimum absolute atomic E-state index is 0. The Labute approximate surface area is 109 Å². The number of pyridine rings is 1. The molecule has 0 atom stereocenters. The van der Waals surface area contributed by atoms with Crippen LogP contribution in [0.5, 0.6) is 0 Å². The molecule has 1 aromatic heterocycles. The highest BCUT2D eigenvalue weighted by Crippen LogP contribution is 2.25. The van der Waals surface area contributed by atoms with Crippen molar-refractivity contribution < 1.29 is 8.78 Å². The predicted octanol–water partition coefficient (Wildman–Crippen LogP) is 4.75. The summed E-state index contributed by atoms with van der Waals surface area (Å²) >= 11 is 0. The van der Waals surface area contributed by atoms with Crippen molar-refractivity contribution in [3.63, 3.8) is 0 Å². The van der Waals surface area contributed by atoms with Crippen molar-refractivity contribution >= 4 is 34.2 Å². The Balaban J connectivity index is 0.00000120. The number of nitrogens with zero attached hydrogens (tertiary/aromatic N) is 1. The molecule has 0 aliphatic heterocycles. The molecule has 0 saturated carbocycles. The summed E-state index contributed by atoms with van der Waals surface area (Å²) in [6.45, 7) is 0. The van der Waals surface area contributed by atoms with Gasteiger partial charge in [0, 0.05) is 16.3 Å². The summed E-state index contributed by atoms with van der Waals surface area (Å²) in [4.78, 5) is 4.39. The molecule has 0 N–H and O–H groups in total. The van der Waals surface area contributed by atoms with Gasteiger partial charge in [-0.15, -0.1) is 12.4 Å². The van der Waals surface area contributed by atoms with Gasteiger partial charge < -0.3 is 0 Å². The third kappa shape index (κ3) is 2.14. The topological polar surface area (TPSA) is 12.9 Å². The van der Waals surface area contributed by atoms with E-state index in [4.69, 9.17) is 0 Å². The molecule has 0 bridgehead atoms. The first kappa shape index (κ1) is 12.7. The number of fused-ring (bicyclic) bond motifs is 2. The molecule has 0 amide bonds. The average molecular weight is 266 g/mol. The van der Waals surface area contributed by atoms with Crippen molar-refractivity contribution in [2.24, 2.45) is 0 Å². The van der Waals surface area contributed by atoms with E-state index in [1.54, 1.807) is 6.07 Å². The van der Waals surface area contributed by atoms with Gasteiger partial charge in [0.05, 0.1) is 11.0 Å². The number of alkyl halides is 2. The number of aromatic nitrogens is 1. The van der Waals surface area contributed by atoms with Gasteiger partial charge >= 0.3 is 0 Å². The Hall–Kier alpha value is -1.74. The van der Waals surface area contributed by atoms with Crippen molar-refractivity contribution in [1.29, 1.82) is 0 Å². The van der Waals surface area contributed by atoms with Gasteiger partial charge in [0.1, 0.15) is 0 Å². The molecule has 18 heavy (non-hydrogen) atoms. The van der Waals surface area contributed by atoms with Crippen LogP contribution in [0.25, 0.3) is 21.8 Å². The second-order valence-electron chi connectivity index (χ2n) is 3.93. The SMILES string of the molecule is Cl.FC(F)c1ccc2cc3ccccc3nc2c1. The number of para-hydroxylation sites is 1. The smallest absolute Gasteiger partial charge is 0.248 e. The van der Waals surface area contributed by atoms with Crippen LogP contribution in [-0.2, 0) is 0 Å². The monoisotopic (exact) mass is 265 g/mol. The Morgan fingerprint density at radius 3 is 2.33 bits per heavy atom. The maximum atomic E-state index is 12.6. The minimum atomic E-state index is -2.45. The lowest BCUT2D eigenvalue weighted by Crippen LogP contribution is -1.87. The van der Waals surface area contributed by atoms with Gasteiger partial charge in [-0.05, 0) is 18.2 Å². The van der Waals surface area contributed by atoms with Crippen LogP contribution >= 0.6 is 12.4 Å². The average Bonchev–Trinajstić information content (AvgIpc) is 2.35. The Kier molecular flexibility index (Phi) is 3.43. The summed E-state index contributed by atoms with van der Waals surface area (Å²) in [7, 11) is 0. The van der Waals surface area contributed by atoms with E-state index >= 15 is 0 Å². The molecular weight excluding hydrogens is 256 g/mol. The molecule has 0 saturated heterocycles. The second-order valence-corrected chi connectivity index (χ2v) is 3.93. The van der Waals surface area contributed by atoms with Crippen molar-refractivity contribution in [2.45, 2.75) is 6.43 Å². The second kappa shape index (κ2) is 4.86. The van der Waals surface area contributed by atoms with E-state index < -0.39 is 6.43 Å². The van der Waals surface area contributed by atoms with Crippen molar-refractivity contribution in [3.8, 4) is 0 Å². The van der Waals surface area contributed by atoms with E-state index in [-0.39, 0.29) is 18.0 Å². The molecule has 0 aliphatic carbocycles. The number of halogens is 3. The third-order valence-corrected chi connectivity index (χ3v) is 2.80. The van der Waals surface area contributed by atoms with Crippen LogP contribution in [0.15, 0.2) is 48.5 Å². The minimum Gasteiger partial charge on any atom is -0.248 e. The quantitative estimate of drug-likeness (QED) is 0.579. The molecule has 3 aromatic rings. The molecule has 0 radical (unpaired) electrons. The van der Waals surface area contributed by atoms with Crippen LogP contribution in [0.4, 0.5) is 8.78 Å². The molecule has 1 heterocycles. The molecule has 0 unspecified atom stereocenters. The van der Waals surface area contributed by atoms with Crippen LogP contribution in [-0.4, -0.2) is 4.98 Å². The number of benzene rings is 2. The summed E-state index contributed by atoms with van der Waals surface area (Å²) in [6, 6.07) is 14.2. The van der Waals surface area contributed by atoms with Crippen molar-refractivity contribution in [3.05, 3.63) is 54.1 Å². The predicted molar refractivity (Wildman–Crippen MR) is 71.5 cm³/mol. The molecule has 2 aromatic carbocycles. The van der Waals surface area contributed by atoms with Gasteiger partial charge in [-0.3, -0.25) is 0 Å². The maximum absolute atomic E-state index is 12.6. The van der Waals surface area contributed by atoms with Gasteiger partial charge in [0.25, 0.3) is 6.43 Å². The fourth-order valence-electron chi connectivity index (χ4n) is 1.92. The normalized spacial score (nSPS) is 10.8. The zero-order valence-corrected chi connectivity index (χ0v) is 10.1. The van der Waals surface area contributed by atoms with Gasteiger partial charge in [0.15, 0.2) is 0 Å². The first-order chi connectivity index (χ1) is 8.24. The van der Waals surface area contributed by atoms with E-state index in [9.17, 15) is 8.78 Å². The maximum Gasteiger partial charge on any atom is 0.263 e. The Morgan fingerprint density at radius 2 is 1.56 bits per heavy atom. The van der Waals surface area contributed by atoms with Gasteiger partial charge in [0.2, 0.25) is 0 Å². The standard InChI is InChI=1S/C14H9F2N.ClH/c15-14(16)11-6-5-10-7-9-3-1-2-4-12(9)17-13(10)8-11;/h1-8,14H;1H. The largest absolute Gasteiger partial charge is 0.263 e. The lowest BCUT2D eigenvalue weighted by molar-refractivity contribution is 0.151. The molecule has 0 spiro atoms. The van der Waals surface area contributed by atoms with Gasteiger partial charge in [-0.25, -0.2) is 13.8 Å². The van der Waals surface area contributed by atoms with E-state index in [0.29, 0.717) is 5.52 Å². The number of rotatable bonds is 1. The van der Waals surface area contributed by atoms with Crippen LogP contribution in [0.2, 0.25) is 0 Å². The van der Waals surface area contributed by atoms with Crippen LogP contribution in [0, 0.1) is 0 Å². The molecular formula is C14H10ClF2N. The summed E-state index contributed by atoms with van der Waals surface area (Å²) in [5.41, 5.74) is 1.45. The highest BCUT2D eigenvalue weighted by atomic mass is 35.5. The van der Waals surface area contributed by atoms with E-state index in [0.717, 1.165) is 16.3 Å². The summed E-state index contributed by atoms with van der Waals surface area (Å²) < 4.78 is 25.2.